The van der Waals surface area contributed by atoms with E-state index in [1.807, 2.05) is 6.92 Å². The highest BCUT2D eigenvalue weighted by atomic mass is 79.9. The molecule has 0 aliphatic heterocycles. The molecule has 1 rings (SSSR count). The molecule has 1 unspecified atom stereocenters. The molecule has 0 saturated heterocycles. The second-order valence-electron chi connectivity index (χ2n) is 5.47. The van der Waals surface area contributed by atoms with Crippen molar-refractivity contribution < 1.29 is 4.79 Å². The molecule has 1 atom stereocenters. The minimum Gasteiger partial charge on any atom is -0.281 e. The molecule has 0 bridgehead atoms. The summed E-state index contributed by atoms with van der Waals surface area (Å²) in [5.74, 6) is -0.145. The Morgan fingerprint density at radius 1 is 1.41 bits per heavy atom. The molecule has 0 N–H and O–H groups in total. The van der Waals surface area contributed by atoms with Gasteiger partial charge in [-0.15, -0.1) is 0 Å². The number of carbonyl (C=O) groups is 1. The first-order valence-corrected chi connectivity index (χ1v) is 6.87. The average Bonchev–Trinajstić information content (AvgIpc) is 2.19. The first kappa shape index (κ1) is 14.7. The van der Waals surface area contributed by atoms with Crippen LogP contribution in [0, 0.1) is 5.92 Å². The maximum absolute atomic E-state index is 11.0. The first-order chi connectivity index (χ1) is 7.71. The number of hydrogen-bond acceptors (Lipinski definition) is 1. The second-order valence-corrected chi connectivity index (χ2v) is 6.69. The predicted octanol–water partition coefficient (Wildman–Crippen LogP) is 4.69. The molecule has 0 heterocycles. The Bertz CT molecular complexity index is 421. The largest absolute Gasteiger partial charge is 0.281 e. The van der Waals surface area contributed by atoms with Gasteiger partial charge in [0.25, 0.3) is 0 Å². The van der Waals surface area contributed by atoms with Gasteiger partial charge in [-0.05, 0) is 40.6 Å². The average molecular weight is 318 g/mol. The van der Waals surface area contributed by atoms with Gasteiger partial charge in [0.15, 0.2) is 0 Å². The van der Waals surface area contributed by atoms with Gasteiger partial charge in [-0.25, -0.2) is 0 Å². The fourth-order valence-corrected chi connectivity index (χ4v) is 2.21. The summed E-state index contributed by atoms with van der Waals surface area (Å²) in [4.78, 5) is 11.0. The molecule has 0 radical (unpaired) electrons. The third-order valence-electron chi connectivity index (χ3n) is 2.83. The molecule has 1 aromatic rings. The zero-order valence-electron chi connectivity index (χ0n) is 10.7. The molecular formula is C14H18BrClO. The van der Waals surface area contributed by atoms with Crippen molar-refractivity contribution in [3.63, 3.8) is 0 Å². The van der Waals surface area contributed by atoms with Crippen LogP contribution >= 0.6 is 27.5 Å². The van der Waals surface area contributed by atoms with E-state index < -0.39 is 0 Å². The summed E-state index contributed by atoms with van der Waals surface area (Å²) in [6, 6.07) is 6.31. The minimum absolute atomic E-state index is 0.134. The predicted molar refractivity (Wildman–Crippen MR) is 76.6 cm³/mol. The van der Waals surface area contributed by atoms with Gasteiger partial charge >= 0.3 is 0 Å². The van der Waals surface area contributed by atoms with Gasteiger partial charge < -0.3 is 0 Å². The summed E-state index contributed by atoms with van der Waals surface area (Å²) >= 11 is 9.04. The Hall–Kier alpha value is -0.340. The molecule has 1 nitrogen and oxygen atoms in total. The van der Waals surface area contributed by atoms with Crippen LogP contribution in [0.3, 0.4) is 0 Å². The standard InChI is InChI=1S/C14H18BrClO/c1-9(13(16)17)7-10-5-6-11(8-12(10)15)14(2,3)4/h5-6,8-9H,7H2,1-4H3. The van der Waals surface area contributed by atoms with Crippen molar-refractivity contribution in [3.8, 4) is 0 Å². The summed E-state index contributed by atoms with van der Waals surface area (Å²) in [7, 11) is 0. The van der Waals surface area contributed by atoms with E-state index in [2.05, 4.69) is 54.9 Å². The lowest BCUT2D eigenvalue weighted by atomic mass is 9.86. The van der Waals surface area contributed by atoms with E-state index in [0.717, 1.165) is 10.0 Å². The van der Waals surface area contributed by atoms with Crippen molar-refractivity contribution in [3.05, 3.63) is 33.8 Å². The monoisotopic (exact) mass is 316 g/mol. The number of halogens is 2. The lowest BCUT2D eigenvalue weighted by Gasteiger charge is -2.20. The van der Waals surface area contributed by atoms with E-state index >= 15 is 0 Å². The van der Waals surface area contributed by atoms with Crippen LogP contribution in [0.25, 0.3) is 0 Å². The SMILES string of the molecule is CC(Cc1ccc(C(C)(C)C)cc1Br)C(=O)Cl. The Morgan fingerprint density at radius 3 is 2.41 bits per heavy atom. The molecule has 0 aromatic heterocycles. The van der Waals surface area contributed by atoms with Crippen LogP contribution < -0.4 is 0 Å². The van der Waals surface area contributed by atoms with Crippen LogP contribution in [0.15, 0.2) is 22.7 Å². The minimum atomic E-state index is -0.281. The molecule has 94 valence electrons. The Labute approximate surface area is 117 Å². The van der Waals surface area contributed by atoms with E-state index in [4.69, 9.17) is 11.6 Å². The zero-order chi connectivity index (χ0) is 13.2. The van der Waals surface area contributed by atoms with Gasteiger partial charge in [-0.3, -0.25) is 4.79 Å². The number of hydrogen-bond donors (Lipinski definition) is 0. The van der Waals surface area contributed by atoms with Crippen molar-refractivity contribution in [2.24, 2.45) is 5.92 Å². The molecule has 3 heteroatoms. The van der Waals surface area contributed by atoms with Crippen LogP contribution in [0.5, 0.6) is 0 Å². The van der Waals surface area contributed by atoms with Crippen molar-refractivity contribution in [2.45, 2.75) is 39.5 Å². The molecule has 0 aliphatic carbocycles. The summed E-state index contributed by atoms with van der Waals surface area (Å²) in [6.45, 7) is 8.39. The highest BCUT2D eigenvalue weighted by Crippen LogP contribution is 2.28. The van der Waals surface area contributed by atoms with Crippen LogP contribution in [0.2, 0.25) is 0 Å². The molecule has 1 aromatic carbocycles. The van der Waals surface area contributed by atoms with Gasteiger partial charge in [-0.1, -0.05) is 55.8 Å². The normalized spacial score (nSPS) is 13.5. The highest BCUT2D eigenvalue weighted by Gasteiger charge is 2.17. The van der Waals surface area contributed by atoms with Gasteiger partial charge in [0.1, 0.15) is 0 Å². The molecule has 0 spiro atoms. The summed E-state index contributed by atoms with van der Waals surface area (Å²) in [5, 5.41) is -0.281. The smallest absolute Gasteiger partial charge is 0.224 e. The van der Waals surface area contributed by atoms with Gasteiger partial charge in [0.2, 0.25) is 5.24 Å². The maximum Gasteiger partial charge on any atom is 0.224 e. The Balaban J connectivity index is 2.95. The van der Waals surface area contributed by atoms with Crippen molar-refractivity contribution in [2.75, 3.05) is 0 Å². The topological polar surface area (TPSA) is 17.1 Å². The molecular weight excluding hydrogens is 300 g/mol. The van der Waals surface area contributed by atoms with E-state index in [9.17, 15) is 4.79 Å². The third kappa shape index (κ3) is 4.11. The Kier molecular flexibility index (Phi) is 4.79. The van der Waals surface area contributed by atoms with Crippen LogP contribution in [-0.2, 0) is 16.6 Å². The van der Waals surface area contributed by atoms with E-state index in [1.165, 1.54) is 5.56 Å². The zero-order valence-corrected chi connectivity index (χ0v) is 13.0. The molecule has 0 amide bonds. The van der Waals surface area contributed by atoms with Crippen molar-refractivity contribution in [1.29, 1.82) is 0 Å². The van der Waals surface area contributed by atoms with E-state index in [1.54, 1.807) is 0 Å². The highest BCUT2D eigenvalue weighted by molar-refractivity contribution is 9.10. The third-order valence-corrected chi connectivity index (χ3v) is 3.94. The molecule has 0 fully saturated rings. The van der Waals surface area contributed by atoms with Crippen LogP contribution in [0.1, 0.15) is 38.8 Å². The van der Waals surface area contributed by atoms with E-state index in [0.29, 0.717) is 6.42 Å². The van der Waals surface area contributed by atoms with Crippen molar-refractivity contribution >= 4 is 32.8 Å². The molecule has 0 saturated carbocycles. The lowest BCUT2D eigenvalue weighted by Crippen LogP contribution is -2.12. The lowest BCUT2D eigenvalue weighted by molar-refractivity contribution is -0.114. The van der Waals surface area contributed by atoms with Gasteiger partial charge in [-0.2, -0.15) is 0 Å². The number of rotatable bonds is 3. The Morgan fingerprint density at radius 2 is 2.00 bits per heavy atom. The fourth-order valence-electron chi connectivity index (χ4n) is 1.59. The van der Waals surface area contributed by atoms with E-state index in [-0.39, 0.29) is 16.6 Å². The van der Waals surface area contributed by atoms with Crippen LogP contribution in [0.4, 0.5) is 0 Å². The second kappa shape index (κ2) is 5.53. The summed E-state index contributed by atoms with van der Waals surface area (Å²) in [6.07, 6.45) is 0.674. The number of benzene rings is 1. The van der Waals surface area contributed by atoms with Crippen molar-refractivity contribution in [1.82, 2.24) is 0 Å². The molecule has 0 aliphatic rings. The quantitative estimate of drug-likeness (QED) is 0.739. The van der Waals surface area contributed by atoms with Gasteiger partial charge in [0, 0.05) is 10.4 Å². The first-order valence-electron chi connectivity index (χ1n) is 5.70. The fraction of sp³-hybridized carbons (Fsp3) is 0.500. The summed E-state index contributed by atoms with van der Waals surface area (Å²) < 4.78 is 1.05. The maximum atomic E-state index is 11.0. The number of carbonyl (C=O) groups excluding carboxylic acids is 1. The summed E-state index contributed by atoms with van der Waals surface area (Å²) in [5.41, 5.74) is 2.53. The molecule has 17 heavy (non-hydrogen) atoms. The van der Waals surface area contributed by atoms with Gasteiger partial charge in [0.05, 0.1) is 0 Å². The van der Waals surface area contributed by atoms with Crippen LogP contribution in [-0.4, -0.2) is 5.24 Å².